The number of Topliss-reactive ketones (excluding diaryl/α,β-unsaturated/α-hetero) is 1. The third-order valence-electron chi connectivity index (χ3n) is 2.07. The Labute approximate surface area is 98.6 Å². The third-order valence-corrected chi connectivity index (χ3v) is 3.43. The fourth-order valence-corrected chi connectivity index (χ4v) is 2.02. The lowest BCUT2D eigenvalue weighted by atomic mass is 10.1. The van der Waals surface area contributed by atoms with E-state index in [0.29, 0.717) is 5.75 Å². The minimum Gasteiger partial charge on any atom is -0.496 e. The normalized spacial score (nSPS) is 11.2. The van der Waals surface area contributed by atoms with E-state index in [1.54, 1.807) is 6.92 Å². The van der Waals surface area contributed by atoms with Crippen LogP contribution < -0.4 is 4.74 Å². The number of rotatable bonds is 4. The molecule has 0 aliphatic carbocycles. The van der Waals surface area contributed by atoms with Gasteiger partial charge in [-0.3, -0.25) is 4.79 Å². The van der Waals surface area contributed by atoms with E-state index in [1.165, 1.54) is 25.3 Å². The lowest BCUT2D eigenvalue weighted by Crippen LogP contribution is -2.02. The number of benzene rings is 1. The lowest BCUT2D eigenvalue weighted by Gasteiger charge is -2.07. The van der Waals surface area contributed by atoms with Crippen molar-refractivity contribution >= 4 is 25.5 Å². The number of halogens is 1. The molecule has 1 rings (SSSR count). The maximum absolute atomic E-state index is 11.6. The molecule has 0 aliphatic heterocycles. The molecule has 0 amide bonds. The summed E-state index contributed by atoms with van der Waals surface area (Å²) in [5.41, 5.74) is 0.228. The van der Waals surface area contributed by atoms with Crippen LogP contribution in [0, 0.1) is 0 Å². The first kappa shape index (κ1) is 13.0. The Kier molecular flexibility index (Phi) is 3.93. The van der Waals surface area contributed by atoms with Crippen LogP contribution in [0.1, 0.15) is 23.7 Å². The monoisotopic (exact) mass is 262 g/mol. The Morgan fingerprint density at radius 2 is 2.06 bits per heavy atom. The molecule has 0 bridgehead atoms. The Bertz CT molecular complexity index is 508. The average Bonchev–Trinajstić information content (AvgIpc) is 2.25. The van der Waals surface area contributed by atoms with Gasteiger partial charge in [-0.1, -0.05) is 6.92 Å². The predicted octanol–water partition coefficient (Wildman–Crippen LogP) is 2.22. The fraction of sp³-hybridized carbons (Fsp3) is 0.300. The van der Waals surface area contributed by atoms with Crippen LogP contribution in [0.3, 0.4) is 0 Å². The summed E-state index contributed by atoms with van der Waals surface area (Å²) < 4.78 is 27.2. The van der Waals surface area contributed by atoms with Crippen molar-refractivity contribution < 1.29 is 17.9 Å². The number of ketones is 1. The van der Waals surface area contributed by atoms with Gasteiger partial charge in [0.2, 0.25) is 0 Å². The third kappa shape index (κ3) is 2.74. The van der Waals surface area contributed by atoms with E-state index in [-0.39, 0.29) is 22.7 Å². The molecule has 0 saturated carbocycles. The SMILES string of the molecule is CCC(=O)c1cc(S(=O)(=O)Cl)ccc1OC. The molecule has 0 radical (unpaired) electrons. The van der Waals surface area contributed by atoms with E-state index in [2.05, 4.69) is 0 Å². The van der Waals surface area contributed by atoms with E-state index in [1.807, 2.05) is 0 Å². The minimum absolute atomic E-state index is 0.105. The van der Waals surface area contributed by atoms with Gasteiger partial charge in [-0.2, -0.15) is 0 Å². The van der Waals surface area contributed by atoms with Crippen molar-refractivity contribution in [3.8, 4) is 5.75 Å². The zero-order valence-corrected chi connectivity index (χ0v) is 10.4. The van der Waals surface area contributed by atoms with Gasteiger partial charge in [0.05, 0.1) is 17.6 Å². The molecule has 6 heteroatoms. The van der Waals surface area contributed by atoms with Crippen LogP contribution in [-0.4, -0.2) is 21.3 Å². The second-order valence-electron chi connectivity index (χ2n) is 3.08. The molecule has 0 saturated heterocycles. The molecule has 0 spiro atoms. The summed E-state index contributed by atoms with van der Waals surface area (Å²) in [6.07, 6.45) is 0.266. The lowest BCUT2D eigenvalue weighted by molar-refractivity contribution is 0.0985. The molecular formula is C10H11ClO4S. The van der Waals surface area contributed by atoms with Crippen LogP contribution in [0.25, 0.3) is 0 Å². The zero-order chi connectivity index (χ0) is 12.3. The molecule has 0 aliphatic rings. The highest BCUT2D eigenvalue weighted by Gasteiger charge is 2.16. The zero-order valence-electron chi connectivity index (χ0n) is 8.86. The fourth-order valence-electron chi connectivity index (χ4n) is 1.25. The summed E-state index contributed by atoms with van der Waals surface area (Å²) in [5.74, 6) is 0.148. The highest BCUT2D eigenvalue weighted by molar-refractivity contribution is 8.13. The summed E-state index contributed by atoms with van der Waals surface area (Å²) in [7, 11) is 2.78. The number of ether oxygens (including phenoxy) is 1. The molecule has 0 atom stereocenters. The Morgan fingerprint density at radius 3 is 2.50 bits per heavy atom. The molecule has 16 heavy (non-hydrogen) atoms. The van der Waals surface area contributed by atoms with Gasteiger partial charge >= 0.3 is 0 Å². The van der Waals surface area contributed by atoms with E-state index in [9.17, 15) is 13.2 Å². The molecular weight excluding hydrogens is 252 g/mol. The molecule has 0 unspecified atom stereocenters. The van der Waals surface area contributed by atoms with Gasteiger partial charge in [0.25, 0.3) is 9.05 Å². The molecule has 88 valence electrons. The van der Waals surface area contributed by atoms with Gasteiger partial charge in [-0.15, -0.1) is 0 Å². The Hall–Kier alpha value is -1.07. The van der Waals surface area contributed by atoms with Crippen molar-refractivity contribution in [3.63, 3.8) is 0 Å². The number of hydrogen-bond donors (Lipinski definition) is 0. The van der Waals surface area contributed by atoms with Gasteiger partial charge in [0.1, 0.15) is 5.75 Å². The quantitative estimate of drug-likeness (QED) is 0.617. The summed E-state index contributed by atoms with van der Waals surface area (Å²) in [5, 5.41) is 0. The van der Waals surface area contributed by atoms with Crippen molar-refractivity contribution in [2.45, 2.75) is 18.2 Å². The van der Waals surface area contributed by atoms with E-state index in [4.69, 9.17) is 15.4 Å². The molecule has 0 aromatic heterocycles. The van der Waals surface area contributed by atoms with Crippen molar-refractivity contribution in [2.24, 2.45) is 0 Å². The van der Waals surface area contributed by atoms with E-state index >= 15 is 0 Å². The van der Waals surface area contributed by atoms with Crippen LogP contribution in [0.15, 0.2) is 23.1 Å². The summed E-state index contributed by atoms with van der Waals surface area (Å²) in [6, 6.07) is 3.94. The van der Waals surface area contributed by atoms with Crippen LogP contribution in [0.4, 0.5) is 0 Å². The minimum atomic E-state index is -3.83. The van der Waals surface area contributed by atoms with Gasteiger partial charge < -0.3 is 4.74 Å². The highest BCUT2D eigenvalue weighted by atomic mass is 35.7. The first-order chi connectivity index (χ1) is 7.40. The molecule has 4 nitrogen and oxygen atoms in total. The van der Waals surface area contributed by atoms with E-state index < -0.39 is 9.05 Å². The van der Waals surface area contributed by atoms with Crippen molar-refractivity contribution in [1.82, 2.24) is 0 Å². The Balaban J connectivity index is 3.38. The topological polar surface area (TPSA) is 60.4 Å². The maximum Gasteiger partial charge on any atom is 0.261 e. The summed E-state index contributed by atoms with van der Waals surface area (Å²) in [6.45, 7) is 1.68. The first-order valence-electron chi connectivity index (χ1n) is 4.56. The van der Waals surface area contributed by atoms with Crippen molar-refractivity contribution in [2.75, 3.05) is 7.11 Å². The highest BCUT2D eigenvalue weighted by Crippen LogP contribution is 2.25. The average molecular weight is 263 g/mol. The molecule has 0 N–H and O–H groups in total. The Morgan fingerprint density at radius 1 is 1.44 bits per heavy atom. The molecule has 1 aromatic rings. The van der Waals surface area contributed by atoms with Gasteiger partial charge in [0.15, 0.2) is 5.78 Å². The second kappa shape index (κ2) is 4.84. The van der Waals surface area contributed by atoms with Crippen LogP contribution >= 0.6 is 10.7 Å². The van der Waals surface area contributed by atoms with Gasteiger partial charge in [0, 0.05) is 17.1 Å². The summed E-state index contributed by atoms with van der Waals surface area (Å²) >= 11 is 0. The van der Waals surface area contributed by atoms with Gasteiger partial charge in [-0.05, 0) is 18.2 Å². The van der Waals surface area contributed by atoms with E-state index in [0.717, 1.165) is 0 Å². The summed E-state index contributed by atoms with van der Waals surface area (Å²) in [4.78, 5) is 11.4. The number of carbonyl (C=O) groups is 1. The van der Waals surface area contributed by atoms with Crippen LogP contribution in [0.2, 0.25) is 0 Å². The van der Waals surface area contributed by atoms with Crippen molar-refractivity contribution in [1.29, 1.82) is 0 Å². The largest absolute Gasteiger partial charge is 0.496 e. The smallest absolute Gasteiger partial charge is 0.261 e. The van der Waals surface area contributed by atoms with Crippen LogP contribution in [-0.2, 0) is 9.05 Å². The van der Waals surface area contributed by atoms with Gasteiger partial charge in [-0.25, -0.2) is 8.42 Å². The predicted molar refractivity (Wildman–Crippen MR) is 60.7 cm³/mol. The first-order valence-corrected chi connectivity index (χ1v) is 6.87. The van der Waals surface area contributed by atoms with Crippen molar-refractivity contribution in [3.05, 3.63) is 23.8 Å². The number of methoxy groups -OCH3 is 1. The van der Waals surface area contributed by atoms with Crippen LogP contribution in [0.5, 0.6) is 5.75 Å². The number of hydrogen-bond acceptors (Lipinski definition) is 4. The molecule has 0 fully saturated rings. The second-order valence-corrected chi connectivity index (χ2v) is 5.64. The molecule has 1 aromatic carbocycles. The molecule has 0 heterocycles. The maximum atomic E-state index is 11.6. The number of carbonyl (C=O) groups excluding carboxylic acids is 1. The standard InChI is InChI=1S/C10H11ClO4S/c1-3-9(12)8-6-7(16(11,13)14)4-5-10(8)15-2/h4-6H,3H2,1-2H3.